The molecule has 2 aromatic rings. The first-order chi connectivity index (χ1) is 12.8. The van der Waals surface area contributed by atoms with Crippen LogP contribution < -0.4 is 0 Å². The van der Waals surface area contributed by atoms with E-state index in [9.17, 15) is 16.8 Å². The normalized spacial score (nSPS) is 26.2. The van der Waals surface area contributed by atoms with E-state index in [1.54, 1.807) is 52.8 Å². The maximum atomic E-state index is 13.2. The van der Waals surface area contributed by atoms with Crippen LogP contribution in [-0.4, -0.2) is 38.5 Å². The second-order valence-corrected chi connectivity index (χ2v) is 11.6. The Labute approximate surface area is 161 Å². The van der Waals surface area contributed by atoms with Gasteiger partial charge in [-0.2, -0.15) is 4.31 Å². The van der Waals surface area contributed by atoms with Gasteiger partial charge in [0.2, 0.25) is 10.0 Å². The fourth-order valence-electron chi connectivity index (χ4n) is 4.43. The highest BCUT2D eigenvalue weighted by Crippen LogP contribution is 2.42. The number of fused-ring (bicyclic) bond motifs is 2. The average Bonchev–Trinajstić information content (AvgIpc) is 2.93. The van der Waals surface area contributed by atoms with Crippen molar-refractivity contribution in [1.82, 2.24) is 4.31 Å². The Kier molecular flexibility index (Phi) is 4.64. The zero-order valence-electron chi connectivity index (χ0n) is 15.2. The summed E-state index contributed by atoms with van der Waals surface area (Å²) < 4.78 is 54.0. The molecular formula is C20H23NO4S2. The molecule has 4 rings (SSSR count). The second-order valence-electron chi connectivity index (χ2n) is 7.49. The lowest BCUT2D eigenvalue weighted by molar-refractivity contribution is 0.249. The van der Waals surface area contributed by atoms with Gasteiger partial charge in [-0.3, -0.25) is 0 Å². The van der Waals surface area contributed by atoms with Crippen LogP contribution in [0.1, 0.15) is 31.2 Å². The minimum Gasteiger partial charge on any atom is -0.223 e. The maximum absolute atomic E-state index is 13.2. The molecule has 0 N–H and O–H groups in total. The molecule has 144 valence electrons. The molecule has 2 aromatic carbocycles. The summed E-state index contributed by atoms with van der Waals surface area (Å²) in [6.07, 6.45) is 2.16. The maximum Gasteiger partial charge on any atom is 0.243 e. The number of piperidine rings is 1. The lowest BCUT2D eigenvalue weighted by Gasteiger charge is -2.37. The smallest absolute Gasteiger partial charge is 0.223 e. The van der Waals surface area contributed by atoms with Gasteiger partial charge in [0, 0.05) is 12.1 Å². The standard InChI is InChI=1S/C20H23NO4S2/c1-15-6-5-9-19(12-15)27(24,25)21-16-10-11-17(21)14-20(13-16)26(22,23)18-7-3-2-4-8-18/h2-9,12,16-17,20H,10-11,13-14H2,1H3. The first kappa shape index (κ1) is 18.7. The van der Waals surface area contributed by atoms with E-state index in [-0.39, 0.29) is 12.1 Å². The fraction of sp³-hybridized carbons (Fsp3) is 0.400. The highest BCUT2D eigenvalue weighted by molar-refractivity contribution is 7.92. The summed E-state index contributed by atoms with van der Waals surface area (Å²) in [5, 5.41) is -0.527. The molecule has 2 saturated heterocycles. The predicted octanol–water partition coefficient (Wildman–Crippen LogP) is 3.15. The number of aryl methyl sites for hydroxylation is 1. The molecule has 2 bridgehead atoms. The first-order valence-electron chi connectivity index (χ1n) is 9.19. The van der Waals surface area contributed by atoms with Crippen molar-refractivity contribution in [2.75, 3.05) is 0 Å². The predicted molar refractivity (Wildman–Crippen MR) is 104 cm³/mol. The molecule has 7 heteroatoms. The molecule has 2 fully saturated rings. The third-order valence-electron chi connectivity index (χ3n) is 5.70. The molecule has 0 saturated carbocycles. The molecule has 2 unspecified atom stereocenters. The molecule has 2 heterocycles. The van der Waals surface area contributed by atoms with E-state index < -0.39 is 25.1 Å². The van der Waals surface area contributed by atoms with Gasteiger partial charge < -0.3 is 0 Å². The molecule has 2 aliphatic heterocycles. The molecule has 27 heavy (non-hydrogen) atoms. The Bertz CT molecular complexity index is 1030. The van der Waals surface area contributed by atoms with E-state index in [4.69, 9.17) is 0 Å². The van der Waals surface area contributed by atoms with Crippen molar-refractivity contribution in [3.05, 3.63) is 60.2 Å². The first-order valence-corrected chi connectivity index (χ1v) is 12.2. The zero-order chi connectivity index (χ0) is 19.2. The SMILES string of the molecule is Cc1cccc(S(=O)(=O)N2C3CCC2CC(S(=O)(=O)c2ccccc2)C3)c1. The van der Waals surface area contributed by atoms with Gasteiger partial charge in [0.25, 0.3) is 0 Å². The molecule has 2 aliphatic rings. The number of benzene rings is 2. The summed E-state index contributed by atoms with van der Waals surface area (Å²) in [7, 11) is -7.07. The average molecular weight is 406 g/mol. The van der Waals surface area contributed by atoms with Crippen molar-refractivity contribution in [3.8, 4) is 0 Å². The topological polar surface area (TPSA) is 71.5 Å². The Hall–Kier alpha value is -1.70. The van der Waals surface area contributed by atoms with E-state index >= 15 is 0 Å². The van der Waals surface area contributed by atoms with Crippen molar-refractivity contribution in [1.29, 1.82) is 0 Å². The van der Waals surface area contributed by atoms with Gasteiger partial charge in [-0.1, -0.05) is 30.3 Å². The van der Waals surface area contributed by atoms with Crippen LogP contribution in [0.15, 0.2) is 64.4 Å². The van der Waals surface area contributed by atoms with E-state index in [1.807, 2.05) is 13.0 Å². The van der Waals surface area contributed by atoms with Gasteiger partial charge in [-0.25, -0.2) is 16.8 Å². The quantitative estimate of drug-likeness (QED) is 0.783. The van der Waals surface area contributed by atoms with Crippen LogP contribution in [-0.2, 0) is 19.9 Å². The fourth-order valence-corrected chi connectivity index (χ4v) is 8.30. The van der Waals surface area contributed by atoms with Crippen molar-refractivity contribution >= 4 is 19.9 Å². The highest BCUT2D eigenvalue weighted by atomic mass is 32.2. The number of rotatable bonds is 4. The minimum atomic E-state index is -3.62. The molecule has 0 spiro atoms. The molecule has 0 aromatic heterocycles. The van der Waals surface area contributed by atoms with Gasteiger partial charge in [0.05, 0.1) is 15.0 Å². The second kappa shape index (κ2) is 6.72. The molecule has 5 nitrogen and oxygen atoms in total. The van der Waals surface area contributed by atoms with E-state index in [2.05, 4.69) is 0 Å². The van der Waals surface area contributed by atoms with Gasteiger partial charge in [-0.05, 0) is 62.4 Å². The Morgan fingerprint density at radius 2 is 1.41 bits per heavy atom. The van der Waals surface area contributed by atoms with Gasteiger partial charge in [0.1, 0.15) is 0 Å². The molecule has 2 atom stereocenters. The Balaban J connectivity index is 1.63. The molecule has 0 aliphatic carbocycles. The van der Waals surface area contributed by atoms with Crippen LogP contribution in [0, 0.1) is 6.92 Å². The summed E-state index contributed by atoms with van der Waals surface area (Å²) in [5.41, 5.74) is 0.893. The molecular weight excluding hydrogens is 382 g/mol. The van der Waals surface area contributed by atoms with Crippen LogP contribution in [0.25, 0.3) is 0 Å². The number of sulfonamides is 1. The van der Waals surface area contributed by atoms with Crippen LogP contribution in [0.5, 0.6) is 0 Å². The van der Waals surface area contributed by atoms with Crippen LogP contribution in [0.2, 0.25) is 0 Å². The van der Waals surface area contributed by atoms with Crippen molar-refractivity contribution < 1.29 is 16.8 Å². The Morgan fingerprint density at radius 1 is 0.815 bits per heavy atom. The third kappa shape index (κ3) is 3.22. The van der Waals surface area contributed by atoms with Gasteiger partial charge in [0.15, 0.2) is 9.84 Å². The number of hydrogen-bond acceptors (Lipinski definition) is 4. The Morgan fingerprint density at radius 3 is 2.00 bits per heavy atom. The lowest BCUT2D eigenvalue weighted by Crippen LogP contribution is -2.49. The largest absolute Gasteiger partial charge is 0.243 e. The highest BCUT2D eigenvalue weighted by Gasteiger charge is 2.50. The summed E-state index contributed by atoms with van der Waals surface area (Å²) in [6.45, 7) is 1.87. The van der Waals surface area contributed by atoms with Crippen molar-refractivity contribution in [3.63, 3.8) is 0 Å². The van der Waals surface area contributed by atoms with Crippen LogP contribution in [0.4, 0.5) is 0 Å². The summed E-state index contributed by atoms with van der Waals surface area (Å²) in [6, 6.07) is 14.9. The van der Waals surface area contributed by atoms with Crippen LogP contribution >= 0.6 is 0 Å². The molecule has 0 radical (unpaired) electrons. The monoisotopic (exact) mass is 405 g/mol. The minimum absolute atomic E-state index is 0.252. The molecule has 0 amide bonds. The zero-order valence-corrected chi connectivity index (χ0v) is 16.8. The van der Waals surface area contributed by atoms with E-state index in [0.717, 1.165) is 18.4 Å². The summed E-state index contributed by atoms with van der Waals surface area (Å²) in [4.78, 5) is 0.619. The van der Waals surface area contributed by atoms with Crippen molar-refractivity contribution in [2.45, 2.75) is 59.7 Å². The summed E-state index contributed by atoms with van der Waals surface area (Å²) >= 11 is 0. The van der Waals surface area contributed by atoms with E-state index in [1.165, 1.54) is 0 Å². The van der Waals surface area contributed by atoms with E-state index in [0.29, 0.717) is 22.6 Å². The third-order valence-corrected chi connectivity index (χ3v) is 9.89. The van der Waals surface area contributed by atoms with Gasteiger partial charge in [-0.15, -0.1) is 0 Å². The van der Waals surface area contributed by atoms with Crippen molar-refractivity contribution in [2.24, 2.45) is 0 Å². The summed E-state index contributed by atoms with van der Waals surface area (Å²) in [5.74, 6) is 0. The number of nitrogens with zero attached hydrogens (tertiary/aromatic N) is 1. The number of hydrogen-bond donors (Lipinski definition) is 0. The lowest BCUT2D eigenvalue weighted by atomic mass is 10.1. The number of sulfone groups is 1. The van der Waals surface area contributed by atoms with Gasteiger partial charge >= 0.3 is 0 Å². The van der Waals surface area contributed by atoms with Crippen LogP contribution in [0.3, 0.4) is 0 Å².